The molecule has 2 heterocycles. The van der Waals surface area contributed by atoms with Crippen LogP contribution in [0.2, 0.25) is 0 Å². The van der Waals surface area contributed by atoms with Gasteiger partial charge in [-0.2, -0.15) is 0 Å². The second-order valence-electron chi connectivity index (χ2n) is 4.91. The number of thiocarbonyl (C=S) groups is 1. The predicted octanol–water partition coefficient (Wildman–Crippen LogP) is 0.726. The minimum atomic E-state index is -0.244. The van der Waals surface area contributed by atoms with E-state index in [4.69, 9.17) is 23.7 Å². The van der Waals surface area contributed by atoms with Crippen LogP contribution in [-0.4, -0.2) is 29.0 Å². The molecule has 0 aliphatic carbocycles. The minimum Gasteiger partial charge on any atom is -0.389 e. The summed E-state index contributed by atoms with van der Waals surface area (Å²) in [5.74, 6) is 0.463. The maximum atomic E-state index is 11.3. The van der Waals surface area contributed by atoms with Crippen LogP contribution >= 0.6 is 12.2 Å². The summed E-state index contributed by atoms with van der Waals surface area (Å²) in [5.41, 5.74) is 12.7. The van der Waals surface area contributed by atoms with Gasteiger partial charge in [-0.05, 0) is 31.9 Å². The SMILES string of the molecule is Cc1cc(C(N)=S)cc(N2CCCC(C(N)=O)C2)n1. The van der Waals surface area contributed by atoms with E-state index in [9.17, 15) is 4.79 Å². The van der Waals surface area contributed by atoms with Crippen LogP contribution < -0.4 is 16.4 Å². The monoisotopic (exact) mass is 278 g/mol. The fourth-order valence-corrected chi connectivity index (χ4v) is 2.49. The number of anilines is 1. The van der Waals surface area contributed by atoms with E-state index in [1.165, 1.54) is 0 Å². The highest BCUT2D eigenvalue weighted by Gasteiger charge is 2.25. The van der Waals surface area contributed by atoms with Gasteiger partial charge in [-0.25, -0.2) is 4.98 Å². The van der Waals surface area contributed by atoms with Crippen LogP contribution in [-0.2, 0) is 4.79 Å². The summed E-state index contributed by atoms with van der Waals surface area (Å²) in [5, 5.41) is 0. The zero-order valence-electron chi connectivity index (χ0n) is 10.9. The number of aromatic nitrogens is 1. The van der Waals surface area contributed by atoms with Gasteiger partial charge in [0.25, 0.3) is 0 Å². The Kier molecular flexibility index (Phi) is 3.99. The third kappa shape index (κ3) is 3.20. The molecule has 0 bridgehead atoms. The summed E-state index contributed by atoms with van der Waals surface area (Å²) in [6, 6.07) is 3.74. The highest BCUT2D eigenvalue weighted by molar-refractivity contribution is 7.80. The molecule has 1 aromatic heterocycles. The Morgan fingerprint density at radius 2 is 2.21 bits per heavy atom. The Labute approximate surface area is 118 Å². The van der Waals surface area contributed by atoms with E-state index in [1.807, 2.05) is 19.1 Å². The van der Waals surface area contributed by atoms with Gasteiger partial charge in [0.2, 0.25) is 5.91 Å². The first-order valence-corrected chi connectivity index (χ1v) is 6.71. The number of pyridine rings is 1. The summed E-state index contributed by atoms with van der Waals surface area (Å²) < 4.78 is 0. The van der Waals surface area contributed by atoms with Crippen LogP contribution in [0.3, 0.4) is 0 Å². The number of hydrogen-bond acceptors (Lipinski definition) is 4. The molecule has 6 heteroatoms. The zero-order valence-corrected chi connectivity index (χ0v) is 11.7. The highest BCUT2D eigenvalue weighted by atomic mass is 32.1. The minimum absolute atomic E-state index is 0.107. The fraction of sp³-hybridized carbons (Fsp3) is 0.462. The lowest BCUT2D eigenvalue weighted by molar-refractivity contribution is -0.122. The molecule has 0 spiro atoms. The lowest BCUT2D eigenvalue weighted by atomic mass is 9.97. The predicted molar refractivity (Wildman–Crippen MR) is 79.0 cm³/mol. The highest BCUT2D eigenvalue weighted by Crippen LogP contribution is 2.22. The van der Waals surface area contributed by atoms with Crippen molar-refractivity contribution in [2.45, 2.75) is 19.8 Å². The van der Waals surface area contributed by atoms with E-state index in [2.05, 4.69) is 9.88 Å². The van der Waals surface area contributed by atoms with Crippen molar-refractivity contribution in [2.24, 2.45) is 17.4 Å². The molecule has 102 valence electrons. The van der Waals surface area contributed by atoms with Crippen molar-refractivity contribution in [2.75, 3.05) is 18.0 Å². The number of amides is 1. The van der Waals surface area contributed by atoms with Crippen molar-refractivity contribution >= 4 is 28.9 Å². The van der Waals surface area contributed by atoms with Crippen molar-refractivity contribution in [1.29, 1.82) is 0 Å². The van der Waals surface area contributed by atoms with E-state index in [0.29, 0.717) is 11.5 Å². The van der Waals surface area contributed by atoms with Crippen LogP contribution in [0.1, 0.15) is 24.1 Å². The molecule has 4 N–H and O–H groups in total. The third-order valence-corrected chi connectivity index (χ3v) is 3.61. The van der Waals surface area contributed by atoms with E-state index in [1.54, 1.807) is 0 Å². The Morgan fingerprint density at radius 3 is 2.84 bits per heavy atom. The van der Waals surface area contributed by atoms with Gasteiger partial charge in [-0.15, -0.1) is 0 Å². The smallest absolute Gasteiger partial charge is 0.222 e. The lowest BCUT2D eigenvalue weighted by Crippen LogP contribution is -2.41. The summed E-state index contributed by atoms with van der Waals surface area (Å²) in [6.45, 7) is 3.39. The molecule has 0 radical (unpaired) electrons. The summed E-state index contributed by atoms with van der Waals surface area (Å²) in [6.07, 6.45) is 1.78. The number of aryl methyl sites for hydroxylation is 1. The van der Waals surface area contributed by atoms with Gasteiger partial charge in [0.05, 0.1) is 5.92 Å². The number of hydrogen-bond donors (Lipinski definition) is 2. The molecule has 1 aliphatic heterocycles. The molecule has 2 rings (SSSR count). The lowest BCUT2D eigenvalue weighted by Gasteiger charge is -2.32. The molecule has 1 aromatic rings. The number of carbonyl (C=O) groups excluding carboxylic acids is 1. The number of rotatable bonds is 3. The first-order valence-electron chi connectivity index (χ1n) is 6.30. The van der Waals surface area contributed by atoms with Crippen LogP contribution in [0.5, 0.6) is 0 Å². The van der Waals surface area contributed by atoms with Gasteiger partial charge in [-0.3, -0.25) is 4.79 Å². The quantitative estimate of drug-likeness (QED) is 0.796. The normalized spacial score (nSPS) is 19.2. The molecule has 0 aromatic carbocycles. The Balaban J connectivity index is 2.26. The summed E-state index contributed by atoms with van der Waals surface area (Å²) in [7, 11) is 0. The molecule has 1 amide bonds. The Morgan fingerprint density at radius 1 is 1.47 bits per heavy atom. The fourth-order valence-electron chi connectivity index (χ4n) is 2.37. The van der Waals surface area contributed by atoms with Gasteiger partial charge in [-0.1, -0.05) is 12.2 Å². The van der Waals surface area contributed by atoms with Crippen LogP contribution in [0.4, 0.5) is 5.82 Å². The van der Waals surface area contributed by atoms with Crippen molar-refractivity contribution in [3.05, 3.63) is 23.4 Å². The summed E-state index contributed by atoms with van der Waals surface area (Å²) in [4.78, 5) is 18.2. The van der Waals surface area contributed by atoms with E-state index in [0.717, 1.165) is 36.5 Å². The number of piperidine rings is 1. The second kappa shape index (κ2) is 5.52. The number of nitrogens with zero attached hydrogens (tertiary/aromatic N) is 2. The van der Waals surface area contributed by atoms with Crippen molar-refractivity contribution < 1.29 is 4.79 Å². The molecular formula is C13H18N4OS. The molecule has 19 heavy (non-hydrogen) atoms. The van der Waals surface area contributed by atoms with Crippen molar-refractivity contribution in [3.8, 4) is 0 Å². The molecule has 1 saturated heterocycles. The van der Waals surface area contributed by atoms with Gasteiger partial charge in [0.15, 0.2) is 0 Å². The van der Waals surface area contributed by atoms with Crippen LogP contribution in [0, 0.1) is 12.8 Å². The molecule has 1 atom stereocenters. The van der Waals surface area contributed by atoms with Gasteiger partial charge >= 0.3 is 0 Å². The van der Waals surface area contributed by atoms with E-state index >= 15 is 0 Å². The molecule has 1 fully saturated rings. The molecule has 5 nitrogen and oxygen atoms in total. The van der Waals surface area contributed by atoms with Crippen molar-refractivity contribution in [1.82, 2.24) is 4.98 Å². The zero-order chi connectivity index (χ0) is 14.0. The standard InChI is InChI=1S/C13H18N4OS/c1-8-5-10(13(15)19)6-11(16-8)17-4-2-3-9(7-17)12(14)18/h5-6,9H,2-4,7H2,1H3,(H2,14,18)(H2,15,19). The topological polar surface area (TPSA) is 85.2 Å². The number of nitrogens with two attached hydrogens (primary N) is 2. The maximum Gasteiger partial charge on any atom is 0.222 e. The average Bonchev–Trinajstić information content (AvgIpc) is 2.38. The Bertz CT molecular complexity index is 517. The molecule has 1 aliphatic rings. The molecular weight excluding hydrogens is 260 g/mol. The first kappa shape index (κ1) is 13.7. The number of primary amides is 1. The average molecular weight is 278 g/mol. The first-order chi connectivity index (χ1) is 8.97. The van der Waals surface area contributed by atoms with Crippen LogP contribution in [0.15, 0.2) is 12.1 Å². The molecule has 0 saturated carbocycles. The Hall–Kier alpha value is -1.69. The van der Waals surface area contributed by atoms with Gasteiger partial charge in [0, 0.05) is 24.3 Å². The molecule has 1 unspecified atom stereocenters. The van der Waals surface area contributed by atoms with Crippen molar-refractivity contribution in [3.63, 3.8) is 0 Å². The van der Waals surface area contributed by atoms with E-state index < -0.39 is 0 Å². The maximum absolute atomic E-state index is 11.3. The second-order valence-corrected chi connectivity index (χ2v) is 5.35. The summed E-state index contributed by atoms with van der Waals surface area (Å²) >= 11 is 5.00. The van der Waals surface area contributed by atoms with Gasteiger partial charge < -0.3 is 16.4 Å². The largest absolute Gasteiger partial charge is 0.389 e. The van der Waals surface area contributed by atoms with Gasteiger partial charge in [0.1, 0.15) is 10.8 Å². The van der Waals surface area contributed by atoms with E-state index in [-0.39, 0.29) is 11.8 Å². The number of carbonyl (C=O) groups is 1. The van der Waals surface area contributed by atoms with Crippen LogP contribution in [0.25, 0.3) is 0 Å². The third-order valence-electron chi connectivity index (χ3n) is 3.37.